The van der Waals surface area contributed by atoms with Crippen molar-refractivity contribution in [3.05, 3.63) is 67.9 Å². The van der Waals surface area contributed by atoms with Crippen molar-refractivity contribution in [1.29, 1.82) is 0 Å². The second-order valence-electron chi connectivity index (χ2n) is 9.69. The molecule has 1 fully saturated rings. The smallest absolute Gasteiger partial charge is 0.377 e. The SMILES string of the molecule is CCc1c(/C=C2\CCN[C@@H]2C)c(=O)n2nc(C3=CCOCC3)nc2n1CC(=O)Nc1ccc(C(F)(F)F)cc1Cl. The molecule has 9 nitrogen and oxygen atoms in total. The van der Waals surface area contributed by atoms with Gasteiger partial charge in [-0.05, 0) is 62.6 Å². The minimum Gasteiger partial charge on any atom is -0.377 e. The van der Waals surface area contributed by atoms with Gasteiger partial charge in [0.1, 0.15) is 6.54 Å². The predicted molar refractivity (Wildman–Crippen MR) is 145 cm³/mol. The van der Waals surface area contributed by atoms with Crippen LogP contribution in [0.3, 0.4) is 0 Å². The molecule has 13 heteroatoms. The third kappa shape index (κ3) is 5.56. The lowest BCUT2D eigenvalue weighted by atomic mass is 10.0. The number of nitrogens with zero attached hydrogens (tertiary/aromatic N) is 4. The van der Waals surface area contributed by atoms with E-state index in [0.29, 0.717) is 43.1 Å². The van der Waals surface area contributed by atoms with Crippen molar-refractivity contribution < 1.29 is 22.7 Å². The van der Waals surface area contributed by atoms with E-state index in [0.717, 1.165) is 42.3 Å². The van der Waals surface area contributed by atoms with E-state index in [1.54, 1.807) is 4.57 Å². The number of alkyl halides is 3. The molecule has 3 aromatic rings. The zero-order chi connectivity index (χ0) is 28.6. The van der Waals surface area contributed by atoms with Gasteiger partial charge in [0.05, 0.1) is 35.1 Å². The van der Waals surface area contributed by atoms with Gasteiger partial charge in [-0.3, -0.25) is 9.59 Å². The molecule has 1 saturated heterocycles. The first-order valence-corrected chi connectivity index (χ1v) is 13.3. The molecule has 2 N–H and O–H groups in total. The van der Waals surface area contributed by atoms with Crippen molar-refractivity contribution in [2.75, 3.05) is 25.1 Å². The molecule has 0 bridgehead atoms. The molecule has 2 aromatic heterocycles. The van der Waals surface area contributed by atoms with Crippen LogP contribution in [0.15, 0.2) is 34.6 Å². The average Bonchev–Trinajstić information content (AvgIpc) is 3.55. The van der Waals surface area contributed by atoms with Gasteiger partial charge >= 0.3 is 6.18 Å². The van der Waals surface area contributed by atoms with Crippen molar-refractivity contribution >= 4 is 40.6 Å². The highest BCUT2D eigenvalue weighted by molar-refractivity contribution is 6.33. The Morgan fingerprint density at radius 3 is 2.75 bits per heavy atom. The summed E-state index contributed by atoms with van der Waals surface area (Å²) in [6, 6.07) is 2.82. The first kappa shape index (κ1) is 28.1. The summed E-state index contributed by atoms with van der Waals surface area (Å²) in [4.78, 5) is 31.6. The summed E-state index contributed by atoms with van der Waals surface area (Å²) < 4.78 is 47.4. The third-order valence-electron chi connectivity index (χ3n) is 7.10. The maximum Gasteiger partial charge on any atom is 0.416 e. The number of amides is 1. The molecule has 212 valence electrons. The first-order chi connectivity index (χ1) is 19.1. The summed E-state index contributed by atoms with van der Waals surface area (Å²) in [5.74, 6) is 0.0204. The van der Waals surface area contributed by atoms with Crippen molar-refractivity contribution in [1.82, 2.24) is 24.5 Å². The number of anilines is 1. The summed E-state index contributed by atoms with van der Waals surface area (Å²) in [5.41, 5.74) is 1.69. The topological polar surface area (TPSA) is 103 Å². The molecule has 0 spiro atoms. The fraction of sp³-hybridized carbons (Fsp3) is 0.407. The van der Waals surface area contributed by atoms with Crippen LogP contribution < -0.4 is 16.2 Å². The van der Waals surface area contributed by atoms with Crippen LogP contribution in [0.25, 0.3) is 17.4 Å². The number of fused-ring (bicyclic) bond motifs is 1. The van der Waals surface area contributed by atoms with Crippen LogP contribution in [0.4, 0.5) is 18.9 Å². The van der Waals surface area contributed by atoms with Gasteiger partial charge in [-0.25, -0.2) is 0 Å². The lowest BCUT2D eigenvalue weighted by Gasteiger charge is -2.17. The minimum absolute atomic E-state index is 0.0393. The Balaban J connectivity index is 1.59. The number of benzene rings is 1. The van der Waals surface area contributed by atoms with Crippen molar-refractivity contribution in [2.45, 2.75) is 51.9 Å². The summed E-state index contributed by atoms with van der Waals surface area (Å²) in [5, 5.41) is 10.2. The highest BCUT2D eigenvalue weighted by Crippen LogP contribution is 2.34. The molecular weight excluding hydrogens is 549 g/mol. The number of nitrogens with one attached hydrogen (secondary N) is 2. The maximum absolute atomic E-state index is 13.7. The van der Waals surface area contributed by atoms with Crippen molar-refractivity contribution in [3.63, 3.8) is 0 Å². The molecule has 1 atom stereocenters. The van der Waals surface area contributed by atoms with Gasteiger partial charge in [0.15, 0.2) is 5.82 Å². The molecule has 1 aromatic carbocycles. The molecule has 0 radical (unpaired) electrons. The summed E-state index contributed by atoms with van der Waals surface area (Å²) in [7, 11) is 0. The molecule has 0 unspecified atom stereocenters. The zero-order valence-corrected chi connectivity index (χ0v) is 22.7. The van der Waals surface area contributed by atoms with Gasteiger partial charge < -0.3 is 19.9 Å². The standard InChI is InChI=1S/C27H28ClF3N6O3/c1-3-22-19(12-17-6-9-32-15(17)2)25(39)37-26(34-24(35-37)16-7-10-40-11-8-16)36(22)14-23(38)33-21-5-4-18(13-20(21)28)27(29,30)31/h4-5,7,12-13,15,32H,3,6,8-11,14H2,1-2H3,(H,33,38)/b17-12+/t15-/m1/s1. The van der Waals surface area contributed by atoms with E-state index >= 15 is 0 Å². The molecule has 4 heterocycles. The van der Waals surface area contributed by atoms with Gasteiger partial charge in [-0.15, -0.1) is 5.10 Å². The van der Waals surface area contributed by atoms with Crippen LogP contribution in [0.5, 0.6) is 0 Å². The lowest BCUT2D eigenvalue weighted by molar-refractivity contribution is -0.137. The predicted octanol–water partition coefficient (Wildman–Crippen LogP) is 4.33. The van der Waals surface area contributed by atoms with E-state index in [1.807, 2.05) is 26.0 Å². The summed E-state index contributed by atoms with van der Waals surface area (Å²) in [6.07, 6.45) is 0.943. The number of rotatable bonds is 6. The van der Waals surface area contributed by atoms with Crippen molar-refractivity contribution in [2.24, 2.45) is 0 Å². The molecule has 1 amide bonds. The van der Waals surface area contributed by atoms with E-state index in [1.165, 1.54) is 4.52 Å². The molecule has 2 aliphatic rings. The van der Waals surface area contributed by atoms with E-state index < -0.39 is 17.6 Å². The Morgan fingerprint density at radius 2 is 2.12 bits per heavy atom. The molecule has 0 saturated carbocycles. The van der Waals surface area contributed by atoms with E-state index in [-0.39, 0.29) is 34.6 Å². The molecule has 40 heavy (non-hydrogen) atoms. The van der Waals surface area contributed by atoms with Crippen LogP contribution in [0, 0.1) is 0 Å². The fourth-order valence-electron chi connectivity index (χ4n) is 4.97. The first-order valence-electron chi connectivity index (χ1n) is 13.0. The number of halogens is 4. The Bertz CT molecular complexity index is 1590. The number of ether oxygens (including phenoxy) is 1. The molecule has 5 rings (SSSR count). The summed E-state index contributed by atoms with van der Waals surface area (Å²) >= 11 is 6.06. The van der Waals surface area contributed by atoms with Gasteiger partial charge in [0, 0.05) is 11.7 Å². The third-order valence-corrected chi connectivity index (χ3v) is 7.41. The van der Waals surface area contributed by atoms with E-state index in [4.69, 9.17) is 16.3 Å². The van der Waals surface area contributed by atoms with Crippen LogP contribution in [-0.2, 0) is 28.7 Å². The number of carbonyl (C=O) groups is 1. The second kappa shape index (κ2) is 11.2. The Morgan fingerprint density at radius 1 is 1.32 bits per heavy atom. The monoisotopic (exact) mass is 576 g/mol. The Hall–Kier alpha value is -3.48. The number of aromatic nitrogens is 4. The van der Waals surface area contributed by atoms with E-state index in [9.17, 15) is 22.8 Å². The van der Waals surface area contributed by atoms with Crippen LogP contribution >= 0.6 is 11.6 Å². The van der Waals surface area contributed by atoms with Gasteiger partial charge in [0.25, 0.3) is 5.56 Å². The van der Waals surface area contributed by atoms with Gasteiger partial charge in [-0.2, -0.15) is 22.7 Å². The van der Waals surface area contributed by atoms with Crippen LogP contribution in [0.1, 0.15) is 49.3 Å². The number of hydrogen-bond donors (Lipinski definition) is 2. The zero-order valence-electron chi connectivity index (χ0n) is 21.9. The second-order valence-corrected chi connectivity index (χ2v) is 10.1. The maximum atomic E-state index is 13.7. The summed E-state index contributed by atoms with van der Waals surface area (Å²) in [6.45, 7) is 5.34. The average molecular weight is 577 g/mol. The number of carbonyl (C=O) groups excluding carboxylic acids is 1. The molecular formula is C27H28ClF3N6O3. The van der Waals surface area contributed by atoms with Gasteiger partial charge in [-0.1, -0.05) is 30.2 Å². The van der Waals surface area contributed by atoms with Crippen LogP contribution in [-0.4, -0.2) is 50.9 Å². The Kier molecular flexibility index (Phi) is 7.85. The van der Waals surface area contributed by atoms with Crippen molar-refractivity contribution in [3.8, 4) is 0 Å². The quantitative estimate of drug-likeness (QED) is 0.453. The molecule has 2 aliphatic heterocycles. The largest absolute Gasteiger partial charge is 0.416 e. The van der Waals surface area contributed by atoms with Gasteiger partial charge in [0.2, 0.25) is 11.7 Å². The highest BCUT2D eigenvalue weighted by Gasteiger charge is 2.31. The van der Waals surface area contributed by atoms with Crippen LogP contribution in [0.2, 0.25) is 5.02 Å². The minimum atomic E-state index is -4.56. The van der Waals surface area contributed by atoms with E-state index in [2.05, 4.69) is 20.7 Å². The fourth-order valence-corrected chi connectivity index (χ4v) is 5.19. The number of hydrogen-bond acceptors (Lipinski definition) is 6. The normalized spacial score (nSPS) is 18.9. The highest BCUT2D eigenvalue weighted by atomic mass is 35.5. The molecule has 0 aliphatic carbocycles. The lowest BCUT2D eigenvalue weighted by Crippen LogP contribution is -2.29. The Labute approximate surface area is 232 Å².